The molecule has 7 nitrogen and oxygen atoms in total. The summed E-state index contributed by atoms with van der Waals surface area (Å²) in [7, 11) is -4.45. The highest BCUT2D eigenvalue weighted by atomic mass is 32.2. The molecule has 0 aliphatic carbocycles. The molecule has 0 heterocycles. The van der Waals surface area contributed by atoms with Crippen LogP contribution in [0.1, 0.15) is 239 Å². The molecule has 0 spiro atoms. The summed E-state index contributed by atoms with van der Waals surface area (Å²) in [5.41, 5.74) is 0. The molecular weight excluding hydrogens is 695 g/mol. The molecule has 4 N–H and O–H groups in total. The number of aliphatic hydroxyl groups is 2. The Kier molecular flexibility index (Phi) is 39.1. The molecule has 0 aliphatic rings. The fraction of sp³-hybridized carbons (Fsp3) is 0.891. The van der Waals surface area contributed by atoms with Crippen LogP contribution in [-0.2, 0) is 14.9 Å². The van der Waals surface area contributed by atoms with Crippen LogP contribution in [-0.4, -0.2) is 53.1 Å². The lowest BCUT2D eigenvalue weighted by Gasteiger charge is -2.22. The minimum atomic E-state index is -4.45. The minimum absolute atomic E-state index is 0.279. The van der Waals surface area contributed by atoms with Crippen molar-refractivity contribution in [1.82, 2.24) is 5.32 Å². The van der Waals surface area contributed by atoms with Crippen molar-refractivity contribution in [1.29, 1.82) is 0 Å². The second kappa shape index (κ2) is 40.0. The highest BCUT2D eigenvalue weighted by molar-refractivity contribution is 7.85. The zero-order chi connectivity index (χ0) is 39.8. The molecule has 0 bridgehead atoms. The normalized spacial score (nSPS) is 13.9. The van der Waals surface area contributed by atoms with Crippen molar-refractivity contribution in [2.24, 2.45) is 0 Å². The maximum Gasteiger partial charge on any atom is 0.267 e. The smallest absolute Gasteiger partial charge is 0.267 e. The SMILES string of the molecule is CCCCCCCCCCCCC/C=C/CC/C=C/C(O)C(CS(=O)(=O)O)NC(=O)C(O)CCCCCCCCCCCCCCCCCCCCCC. The zero-order valence-electron chi connectivity index (χ0n) is 35.5. The van der Waals surface area contributed by atoms with E-state index in [0.29, 0.717) is 12.8 Å². The zero-order valence-corrected chi connectivity index (χ0v) is 36.3. The van der Waals surface area contributed by atoms with Gasteiger partial charge in [0.05, 0.1) is 17.9 Å². The van der Waals surface area contributed by atoms with E-state index in [0.717, 1.165) is 32.1 Å². The molecule has 54 heavy (non-hydrogen) atoms. The molecule has 0 rings (SSSR count). The number of rotatable bonds is 42. The summed E-state index contributed by atoms with van der Waals surface area (Å²) in [5, 5.41) is 23.5. The Morgan fingerprint density at radius 1 is 0.500 bits per heavy atom. The predicted molar refractivity (Wildman–Crippen MR) is 232 cm³/mol. The lowest BCUT2D eigenvalue weighted by Crippen LogP contribution is -2.50. The van der Waals surface area contributed by atoms with Gasteiger partial charge < -0.3 is 15.5 Å². The van der Waals surface area contributed by atoms with Crippen LogP contribution in [0.15, 0.2) is 24.3 Å². The molecule has 3 unspecified atom stereocenters. The molecule has 0 saturated heterocycles. The molecule has 0 fully saturated rings. The fourth-order valence-electron chi connectivity index (χ4n) is 7.18. The predicted octanol–water partition coefficient (Wildman–Crippen LogP) is 12.9. The number of hydrogen-bond donors (Lipinski definition) is 4. The van der Waals surface area contributed by atoms with Gasteiger partial charge in [-0.05, 0) is 32.1 Å². The van der Waals surface area contributed by atoms with Crippen molar-refractivity contribution in [3.05, 3.63) is 24.3 Å². The monoisotopic (exact) mass is 784 g/mol. The maximum absolute atomic E-state index is 12.6. The summed E-state index contributed by atoms with van der Waals surface area (Å²) in [4.78, 5) is 12.6. The Hall–Kier alpha value is -1.22. The Labute approximate surface area is 335 Å². The van der Waals surface area contributed by atoms with E-state index in [9.17, 15) is 28.0 Å². The Balaban J connectivity index is 3.97. The number of aliphatic hydroxyl groups excluding tert-OH is 2. The van der Waals surface area contributed by atoms with Gasteiger partial charge >= 0.3 is 0 Å². The van der Waals surface area contributed by atoms with Crippen LogP contribution in [0.3, 0.4) is 0 Å². The minimum Gasteiger partial charge on any atom is -0.387 e. The molecule has 0 saturated carbocycles. The number of carbonyl (C=O) groups is 1. The standard InChI is InChI=1S/C46H89NO6S/c1-3-5-7-9-11-13-15-17-19-21-22-23-25-27-29-31-33-35-37-39-41-45(49)46(50)47-43(42-54(51,52)53)44(48)40-38-36-34-32-30-28-26-24-20-18-16-14-12-10-8-6-4-2/h30,32,38,40,43-45,48-49H,3-29,31,33-37,39,41-42H2,1-2H3,(H,47,50)(H,51,52,53)/b32-30+,40-38+. The second-order valence-corrected chi connectivity index (χ2v) is 17.7. The Morgan fingerprint density at radius 3 is 1.22 bits per heavy atom. The van der Waals surface area contributed by atoms with Crippen LogP contribution in [0.2, 0.25) is 0 Å². The summed E-state index contributed by atoms with van der Waals surface area (Å²) >= 11 is 0. The van der Waals surface area contributed by atoms with Crippen LogP contribution in [0, 0.1) is 0 Å². The molecule has 0 aliphatic heterocycles. The first-order valence-electron chi connectivity index (χ1n) is 23.1. The second-order valence-electron chi connectivity index (χ2n) is 16.2. The Bertz CT molecular complexity index is 968. The molecule has 0 aromatic carbocycles. The van der Waals surface area contributed by atoms with Gasteiger partial charge in [-0.1, -0.05) is 231 Å². The highest BCUT2D eigenvalue weighted by Crippen LogP contribution is 2.16. The molecule has 0 aromatic rings. The van der Waals surface area contributed by atoms with Crippen molar-refractivity contribution >= 4 is 16.0 Å². The average molecular weight is 784 g/mol. The topological polar surface area (TPSA) is 124 Å². The molecule has 320 valence electrons. The van der Waals surface area contributed by atoms with Gasteiger partial charge in [0.2, 0.25) is 5.91 Å². The van der Waals surface area contributed by atoms with E-state index >= 15 is 0 Å². The molecule has 1 amide bonds. The van der Waals surface area contributed by atoms with E-state index in [-0.39, 0.29) is 6.42 Å². The summed E-state index contributed by atoms with van der Waals surface area (Å²) in [5.74, 6) is -1.55. The summed E-state index contributed by atoms with van der Waals surface area (Å²) in [6.07, 6.45) is 48.1. The lowest BCUT2D eigenvalue weighted by atomic mass is 10.0. The quantitative estimate of drug-likeness (QED) is 0.0278. The van der Waals surface area contributed by atoms with Crippen molar-refractivity contribution in [2.75, 3.05) is 5.75 Å². The molecule has 0 radical (unpaired) electrons. The molecule has 3 atom stereocenters. The number of hydrogen-bond acceptors (Lipinski definition) is 5. The molecular formula is C46H89NO6S. The van der Waals surface area contributed by atoms with Gasteiger partial charge in [-0.2, -0.15) is 8.42 Å². The third-order valence-corrected chi connectivity index (χ3v) is 11.5. The summed E-state index contributed by atoms with van der Waals surface area (Å²) < 4.78 is 32.6. The summed E-state index contributed by atoms with van der Waals surface area (Å²) in [6, 6.07) is -1.25. The summed E-state index contributed by atoms with van der Waals surface area (Å²) in [6.45, 7) is 4.53. The third kappa shape index (κ3) is 39.0. The van der Waals surface area contributed by atoms with Crippen LogP contribution in [0.4, 0.5) is 0 Å². The van der Waals surface area contributed by atoms with Gasteiger partial charge in [0.15, 0.2) is 0 Å². The van der Waals surface area contributed by atoms with Crippen LogP contribution in [0.5, 0.6) is 0 Å². The van der Waals surface area contributed by atoms with Crippen molar-refractivity contribution in [2.45, 2.75) is 257 Å². The number of allylic oxidation sites excluding steroid dienone is 3. The molecule has 8 heteroatoms. The average Bonchev–Trinajstić information content (AvgIpc) is 3.14. The Morgan fingerprint density at radius 2 is 0.833 bits per heavy atom. The van der Waals surface area contributed by atoms with Gasteiger partial charge in [-0.25, -0.2) is 0 Å². The maximum atomic E-state index is 12.6. The van der Waals surface area contributed by atoms with Crippen LogP contribution in [0.25, 0.3) is 0 Å². The van der Waals surface area contributed by atoms with Crippen LogP contribution >= 0.6 is 0 Å². The van der Waals surface area contributed by atoms with Gasteiger partial charge in [0.25, 0.3) is 10.1 Å². The number of nitrogens with one attached hydrogen (secondary N) is 1. The third-order valence-electron chi connectivity index (χ3n) is 10.7. The fourth-order valence-corrected chi connectivity index (χ4v) is 7.91. The molecule has 0 aromatic heterocycles. The number of unbranched alkanes of at least 4 members (excludes halogenated alkanes) is 31. The van der Waals surface area contributed by atoms with Crippen molar-refractivity contribution in [3.8, 4) is 0 Å². The van der Waals surface area contributed by atoms with E-state index in [1.54, 1.807) is 6.08 Å². The largest absolute Gasteiger partial charge is 0.387 e. The van der Waals surface area contributed by atoms with Crippen LogP contribution < -0.4 is 5.32 Å². The van der Waals surface area contributed by atoms with Gasteiger partial charge in [-0.15, -0.1) is 0 Å². The van der Waals surface area contributed by atoms with E-state index < -0.39 is 40.0 Å². The first-order chi connectivity index (χ1) is 26.2. The van der Waals surface area contributed by atoms with Gasteiger partial charge in [0, 0.05) is 0 Å². The van der Waals surface area contributed by atoms with Crippen molar-refractivity contribution < 1.29 is 28.0 Å². The number of carbonyl (C=O) groups excluding carboxylic acids is 1. The first kappa shape index (κ1) is 52.8. The highest BCUT2D eigenvalue weighted by Gasteiger charge is 2.27. The lowest BCUT2D eigenvalue weighted by molar-refractivity contribution is -0.130. The van der Waals surface area contributed by atoms with E-state index in [1.165, 1.54) is 179 Å². The van der Waals surface area contributed by atoms with Gasteiger partial charge in [0.1, 0.15) is 6.10 Å². The van der Waals surface area contributed by atoms with E-state index in [4.69, 9.17) is 0 Å². The van der Waals surface area contributed by atoms with E-state index in [2.05, 4.69) is 31.3 Å². The number of amides is 1. The first-order valence-corrected chi connectivity index (χ1v) is 24.8. The van der Waals surface area contributed by atoms with Crippen molar-refractivity contribution in [3.63, 3.8) is 0 Å². The van der Waals surface area contributed by atoms with Gasteiger partial charge in [-0.3, -0.25) is 9.35 Å². The van der Waals surface area contributed by atoms with E-state index in [1.807, 2.05) is 0 Å².